The molecule has 229 valence electrons. The van der Waals surface area contributed by atoms with Crippen molar-refractivity contribution in [2.24, 2.45) is 0 Å². The standard InChI is InChI=1S/C12H12N2O2.C6H15O3P.3CO.F6P.Re/c1-15-9-3-5-11(13-7-9)12-6-4-10(16-2)8-14-12;1-4-7-10(8-5-2)9-6-3;3*1-2;1-7(2,3,4,5)6;/h3-8H,1-2H3;4-6H2,1-3H3;;;;;/q;;;;;-1;. The third-order valence-corrected chi connectivity index (χ3v) is 4.32. The summed E-state index contributed by atoms with van der Waals surface area (Å²) in [4.78, 5) is 8.49. The summed E-state index contributed by atoms with van der Waals surface area (Å²) in [6.07, 6.45) is 3.34. The van der Waals surface area contributed by atoms with Gasteiger partial charge in [0.15, 0.2) is 0 Å². The average molecular weight is 798 g/mol. The Labute approximate surface area is 243 Å². The van der Waals surface area contributed by atoms with Crippen LogP contribution in [0.5, 0.6) is 11.5 Å². The normalized spacial score (nSPS) is 10.8. The smallest absolute Gasteiger partial charge is 0 e. The van der Waals surface area contributed by atoms with E-state index in [0.29, 0.717) is 19.8 Å². The number of hydrogen-bond donors (Lipinski definition) is 0. The minimum Gasteiger partial charge on any atom is 0 e. The van der Waals surface area contributed by atoms with Crippen LogP contribution < -0.4 is 9.47 Å². The van der Waals surface area contributed by atoms with Crippen LogP contribution in [0.25, 0.3) is 11.4 Å². The van der Waals surface area contributed by atoms with Crippen LogP contribution in [0.2, 0.25) is 0 Å². The Balaban J connectivity index is -0.000000148. The summed E-state index contributed by atoms with van der Waals surface area (Å²) in [5.74, 6) is 1.47. The topological polar surface area (TPSA) is 132 Å². The minimum atomic E-state index is -10.7. The second-order valence-corrected chi connectivity index (χ2v) is 8.74. The monoisotopic (exact) mass is 798 g/mol. The van der Waals surface area contributed by atoms with Crippen LogP contribution in [0, 0.1) is 20.0 Å². The van der Waals surface area contributed by atoms with Crippen molar-refractivity contribution in [2.45, 2.75) is 20.8 Å². The quantitative estimate of drug-likeness (QED) is 0.110. The zero-order valence-electron chi connectivity index (χ0n) is 21.8. The molecule has 0 amide bonds. The van der Waals surface area contributed by atoms with E-state index < -0.39 is 16.4 Å². The zero-order chi connectivity index (χ0) is 31.6. The molecule has 0 saturated carbocycles. The zero-order valence-corrected chi connectivity index (χ0v) is 26.3. The van der Waals surface area contributed by atoms with Gasteiger partial charge in [0.25, 0.3) is 0 Å². The number of aromatic nitrogens is 2. The molecule has 2 aromatic heterocycles. The summed E-state index contributed by atoms with van der Waals surface area (Å²) in [5, 5.41) is 0. The van der Waals surface area contributed by atoms with Gasteiger partial charge in [-0.25, -0.2) is 0 Å². The molecular formula is C21H27F6N2O8P2Re-. The van der Waals surface area contributed by atoms with Gasteiger partial charge in [-0.15, -0.1) is 0 Å². The maximum atomic E-state index is 9.87. The second-order valence-electron chi connectivity index (χ2n) is 5.60. The molecule has 2 heterocycles. The third kappa shape index (κ3) is 36.1. The summed E-state index contributed by atoms with van der Waals surface area (Å²) in [6, 6.07) is 7.45. The number of methoxy groups -OCH3 is 2. The van der Waals surface area contributed by atoms with E-state index >= 15 is 0 Å². The summed E-state index contributed by atoms with van der Waals surface area (Å²) < 4.78 is 107. The van der Waals surface area contributed by atoms with Crippen molar-refractivity contribution in [1.29, 1.82) is 0 Å². The van der Waals surface area contributed by atoms with Crippen LogP contribution in [-0.2, 0) is 48.0 Å². The molecule has 0 aliphatic heterocycles. The van der Waals surface area contributed by atoms with Gasteiger partial charge in [0.05, 0.1) is 57.8 Å². The van der Waals surface area contributed by atoms with Gasteiger partial charge < -0.3 is 23.0 Å². The number of hydrogen-bond acceptors (Lipinski definition) is 7. The van der Waals surface area contributed by atoms with Crippen molar-refractivity contribution in [3.63, 3.8) is 0 Å². The number of nitrogens with zero attached hydrogens (tertiary/aromatic N) is 2. The summed E-state index contributed by atoms with van der Waals surface area (Å²) >= 11 is 0. The molecule has 40 heavy (non-hydrogen) atoms. The van der Waals surface area contributed by atoms with Crippen LogP contribution in [0.4, 0.5) is 25.2 Å². The van der Waals surface area contributed by atoms with Crippen LogP contribution in [0.3, 0.4) is 0 Å². The molecule has 0 spiro atoms. The molecule has 0 aliphatic carbocycles. The fraction of sp³-hybridized carbons (Fsp3) is 0.381. The average Bonchev–Trinajstić information content (AvgIpc) is 2.91. The van der Waals surface area contributed by atoms with Gasteiger partial charge in [-0.2, -0.15) is 0 Å². The van der Waals surface area contributed by atoms with E-state index in [1.54, 1.807) is 26.6 Å². The third-order valence-electron chi connectivity index (χ3n) is 2.91. The molecule has 0 atom stereocenters. The molecular weight excluding hydrogens is 770 g/mol. The first-order valence-electron chi connectivity index (χ1n) is 10.00. The fourth-order valence-electron chi connectivity index (χ4n) is 1.73. The van der Waals surface area contributed by atoms with Gasteiger partial charge in [0, 0.05) is 20.4 Å². The first-order chi connectivity index (χ1) is 18.1. The van der Waals surface area contributed by atoms with Gasteiger partial charge in [-0.05, 0) is 45.0 Å². The molecule has 0 aliphatic rings. The van der Waals surface area contributed by atoms with Crippen molar-refractivity contribution in [3.05, 3.63) is 56.6 Å². The molecule has 10 nitrogen and oxygen atoms in total. The van der Waals surface area contributed by atoms with E-state index in [9.17, 15) is 25.2 Å². The molecule has 0 fully saturated rings. The molecule has 0 unspecified atom stereocenters. The molecule has 0 aromatic carbocycles. The van der Waals surface area contributed by atoms with E-state index in [2.05, 4.69) is 29.9 Å². The van der Waals surface area contributed by atoms with Crippen LogP contribution in [-0.4, -0.2) is 44.0 Å². The predicted octanol–water partition coefficient (Wildman–Crippen LogP) is 7.75. The Morgan fingerprint density at radius 3 is 1.05 bits per heavy atom. The van der Waals surface area contributed by atoms with Crippen LogP contribution in [0.1, 0.15) is 20.8 Å². The molecule has 19 heteroatoms. The summed E-state index contributed by atoms with van der Waals surface area (Å²) in [6.45, 7) is 21.2. The molecule has 0 N–H and O–H groups in total. The Bertz CT molecular complexity index is 852. The van der Waals surface area contributed by atoms with Crippen molar-refractivity contribution in [2.75, 3.05) is 34.0 Å². The Hall–Kier alpha value is -1.90. The van der Waals surface area contributed by atoms with Crippen molar-refractivity contribution >= 4 is 16.4 Å². The first-order valence-corrected chi connectivity index (χ1v) is 13.1. The van der Waals surface area contributed by atoms with E-state index in [-0.39, 0.29) is 20.4 Å². The summed E-state index contributed by atoms with van der Waals surface area (Å²) in [5.41, 5.74) is 1.62. The fourth-order valence-corrected chi connectivity index (χ4v) is 2.59. The van der Waals surface area contributed by atoms with Gasteiger partial charge in [-0.1, -0.05) is 0 Å². The Kier molecular flexibility index (Phi) is 29.8. The van der Waals surface area contributed by atoms with Gasteiger partial charge in [0.1, 0.15) is 11.5 Å². The largest absolute Gasteiger partial charge is 0 e. The van der Waals surface area contributed by atoms with E-state index in [4.69, 9.17) is 37.0 Å². The maximum absolute atomic E-state index is 10.7. The Morgan fingerprint density at radius 2 is 0.900 bits per heavy atom. The van der Waals surface area contributed by atoms with Gasteiger partial charge in [-0.3, -0.25) is 9.97 Å². The molecule has 2 aromatic rings. The van der Waals surface area contributed by atoms with E-state index in [0.717, 1.165) is 22.9 Å². The first kappa shape index (κ1) is 47.9. The Morgan fingerprint density at radius 1 is 0.650 bits per heavy atom. The second kappa shape index (κ2) is 24.9. The van der Waals surface area contributed by atoms with Crippen LogP contribution in [0.15, 0.2) is 36.7 Å². The van der Waals surface area contributed by atoms with Gasteiger partial charge >= 0.3 is 75.5 Å². The van der Waals surface area contributed by atoms with E-state index in [1.807, 2.05) is 45.0 Å². The number of ether oxygens (including phenoxy) is 2. The summed E-state index contributed by atoms with van der Waals surface area (Å²) in [7, 11) is -8.49. The van der Waals surface area contributed by atoms with E-state index in [1.165, 1.54) is 0 Å². The van der Waals surface area contributed by atoms with Crippen molar-refractivity contribution in [1.82, 2.24) is 9.97 Å². The maximum Gasteiger partial charge on any atom is 0 e. The predicted molar refractivity (Wildman–Crippen MR) is 128 cm³/mol. The van der Waals surface area contributed by atoms with Crippen molar-refractivity contribution in [3.8, 4) is 22.9 Å². The van der Waals surface area contributed by atoms with Gasteiger partial charge in [0.2, 0.25) is 0 Å². The molecule has 0 bridgehead atoms. The van der Waals surface area contributed by atoms with Crippen molar-refractivity contribution < 1.29 is 82.6 Å². The number of halogens is 6. The molecule has 2 rings (SSSR count). The minimum absolute atomic E-state index is 0. The number of pyridine rings is 2. The molecule has 0 saturated heterocycles. The van der Waals surface area contributed by atoms with Crippen LogP contribution >= 0.6 is 16.4 Å². The SMILES string of the molecule is CCOP(OCC)OCC.COc1ccc(-c2ccc(OC)cn2)nc1.F[P-](F)(F)(F)(F)F.[C-]#[O+].[C-]#[O+].[C-]#[O+].[Re]. The molecule has 1 radical (unpaired) electrons. The number of rotatable bonds is 9.